The molecule has 1 aliphatic rings. The van der Waals surface area contributed by atoms with E-state index in [4.69, 9.17) is 26.8 Å². The lowest BCUT2D eigenvalue weighted by Gasteiger charge is -2.11. The molecule has 1 aromatic carbocycles. The van der Waals surface area contributed by atoms with Crippen LogP contribution >= 0.6 is 24.0 Å². The van der Waals surface area contributed by atoms with Gasteiger partial charge in [-0.25, -0.2) is 9.97 Å². The molecule has 3 rings (SSSR count). The summed E-state index contributed by atoms with van der Waals surface area (Å²) in [7, 11) is 0. The lowest BCUT2D eigenvalue weighted by atomic mass is 10.2. The van der Waals surface area contributed by atoms with Gasteiger partial charge in [-0.05, 0) is 0 Å². The minimum absolute atomic E-state index is 0. The number of hydrogen-bond donors (Lipinski definition) is 2. The average molecular weight is 371 g/mol. The number of fused-ring (bicyclic) bond motifs is 1. The van der Waals surface area contributed by atoms with E-state index in [0.717, 1.165) is 0 Å². The minimum atomic E-state index is -0.468. The summed E-state index contributed by atoms with van der Waals surface area (Å²) in [5.41, 5.74) is 6.78. The number of ether oxygens (including phenoxy) is 2. The molecule has 7 nitrogen and oxygen atoms in total. The van der Waals surface area contributed by atoms with Gasteiger partial charge >= 0.3 is 0 Å². The number of carbonyl (C=O) groups is 1. The van der Waals surface area contributed by atoms with Crippen molar-refractivity contribution in [3.63, 3.8) is 0 Å². The number of benzene rings is 1. The number of nitrogens with two attached hydrogens (primary N) is 1. The summed E-state index contributed by atoms with van der Waals surface area (Å²) in [5.74, 6) is 1.21. The van der Waals surface area contributed by atoms with Gasteiger partial charge in [-0.2, -0.15) is 0 Å². The van der Waals surface area contributed by atoms with Crippen molar-refractivity contribution in [2.75, 3.05) is 17.8 Å². The van der Waals surface area contributed by atoms with Crippen LogP contribution in [0.5, 0.6) is 11.5 Å². The largest absolute Gasteiger partial charge is 0.454 e. The van der Waals surface area contributed by atoms with E-state index in [2.05, 4.69) is 15.3 Å². The quantitative estimate of drug-likeness (QED) is 0.804. The maximum absolute atomic E-state index is 12.4. The van der Waals surface area contributed by atoms with E-state index in [1.54, 1.807) is 12.1 Å². The van der Waals surface area contributed by atoms with Gasteiger partial charge < -0.3 is 20.5 Å². The summed E-state index contributed by atoms with van der Waals surface area (Å²) in [4.78, 5) is 20.8. The lowest BCUT2D eigenvalue weighted by Crippen LogP contribution is -2.17. The van der Waals surface area contributed by atoms with Crippen molar-refractivity contribution in [3.05, 3.63) is 34.9 Å². The molecule has 9 heteroatoms. The molecule has 128 valence electrons. The van der Waals surface area contributed by atoms with Gasteiger partial charge in [0.05, 0.1) is 22.6 Å². The fraction of sp³-hybridized carbons (Fsp3) is 0.267. The van der Waals surface area contributed by atoms with Crippen molar-refractivity contribution in [1.29, 1.82) is 0 Å². The molecule has 2 aromatic rings. The molecule has 1 amide bonds. The topological polar surface area (TPSA) is 99.4 Å². The minimum Gasteiger partial charge on any atom is -0.454 e. The van der Waals surface area contributed by atoms with Crippen molar-refractivity contribution < 1.29 is 14.3 Å². The van der Waals surface area contributed by atoms with E-state index in [-0.39, 0.29) is 35.8 Å². The lowest BCUT2D eigenvalue weighted by molar-refractivity contribution is 0.102. The van der Waals surface area contributed by atoms with Gasteiger partial charge in [-0.15, -0.1) is 12.4 Å². The Kier molecular flexibility index (Phi) is 5.36. The Labute approximate surface area is 149 Å². The summed E-state index contributed by atoms with van der Waals surface area (Å²) in [6.07, 6.45) is 1.42. The normalized spacial score (nSPS) is 12.0. The SMILES string of the molecule is CC(C)c1ncc(Cl)c(C(=O)Nc2cc3c(cc2N)OCO3)n1.Cl. The summed E-state index contributed by atoms with van der Waals surface area (Å²) in [6, 6.07) is 3.20. The molecule has 2 heterocycles. The summed E-state index contributed by atoms with van der Waals surface area (Å²) in [5, 5.41) is 2.86. The van der Waals surface area contributed by atoms with Crippen LogP contribution in [-0.2, 0) is 0 Å². The molecule has 1 aromatic heterocycles. The van der Waals surface area contributed by atoms with Crippen molar-refractivity contribution in [1.82, 2.24) is 9.97 Å². The number of nitrogens with one attached hydrogen (secondary N) is 1. The standard InChI is InChI=1S/C15H15ClN4O3.ClH/c1-7(2)14-18-5-8(16)13(20-14)15(21)19-10-4-12-11(3-9(10)17)22-6-23-12;/h3-5,7H,6,17H2,1-2H3,(H,19,21);1H. The third-order valence-electron chi connectivity index (χ3n) is 3.29. The Hall–Kier alpha value is -2.25. The van der Waals surface area contributed by atoms with Crippen LogP contribution in [0.2, 0.25) is 5.02 Å². The molecule has 0 saturated heterocycles. The number of amides is 1. The van der Waals surface area contributed by atoms with E-state index in [9.17, 15) is 4.79 Å². The predicted molar refractivity (Wildman–Crippen MR) is 93.3 cm³/mol. The Bertz CT molecular complexity index is 784. The number of carbonyl (C=O) groups excluding carboxylic acids is 1. The first-order valence-electron chi connectivity index (χ1n) is 6.98. The molecule has 0 radical (unpaired) electrons. The Morgan fingerprint density at radius 3 is 2.67 bits per heavy atom. The van der Waals surface area contributed by atoms with Gasteiger partial charge in [0.25, 0.3) is 5.91 Å². The zero-order valence-corrected chi connectivity index (χ0v) is 14.6. The van der Waals surface area contributed by atoms with E-state index in [1.807, 2.05) is 13.8 Å². The molecule has 3 N–H and O–H groups in total. The van der Waals surface area contributed by atoms with E-state index in [1.165, 1.54) is 6.20 Å². The van der Waals surface area contributed by atoms with Crippen molar-refractivity contribution >= 4 is 41.3 Å². The highest BCUT2D eigenvalue weighted by molar-refractivity contribution is 6.34. The van der Waals surface area contributed by atoms with E-state index in [0.29, 0.717) is 28.7 Å². The van der Waals surface area contributed by atoms with Gasteiger partial charge in [0, 0.05) is 18.1 Å². The van der Waals surface area contributed by atoms with Crippen LogP contribution in [-0.4, -0.2) is 22.7 Å². The van der Waals surface area contributed by atoms with Gasteiger partial charge in [0.2, 0.25) is 6.79 Å². The molecule has 0 unspecified atom stereocenters. The fourth-order valence-corrected chi connectivity index (χ4v) is 2.24. The molecule has 0 spiro atoms. The van der Waals surface area contributed by atoms with Gasteiger partial charge in [-0.3, -0.25) is 4.79 Å². The number of aromatic nitrogens is 2. The Balaban J connectivity index is 0.00000208. The summed E-state index contributed by atoms with van der Waals surface area (Å²) in [6.45, 7) is 3.99. The third kappa shape index (κ3) is 3.47. The average Bonchev–Trinajstić information content (AvgIpc) is 2.94. The molecule has 24 heavy (non-hydrogen) atoms. The molecule has 0 atom stereocenters. The van der Waals surface area contributed by atoms with Crippen LogP contribution in [0, 0.1) is 0 Å². The Morgan fingerprint density at radius 2 is 2.00 bits per heavy atom. The number of anilines is 2. The van der Waals surface area contributed by atoms with Crippen LogP contribution in [0.15, 0.2) is 18.3 Å². The number of halogens is 2. The first kappa shape index (κ1) is 18.1. The number of nitrogen functional groups attached to an aromatic ring is 1. The second kappa shape index (κ2) is 7.11. The maximum atomic E-state index is 12.4. The fourth-order valence-electron chi connectivity index (χ4n) is 2.07. The van der Waals surface area contributed by atoms with Crippen LogP contribution in [0.1, 0.15) is 36.1 Å². The molecule has 0 fully saturated rings. The van der Waals surface area contributed by atoms with Crippen molar-refractivity contribution in [3.8, 4) is 11.5 Å². The molecular weight excluding hydrogens is 355 g/mol. The van der Waals surface area contributed by atoms with E-state index >= 15 is 0 Å². The summed E-state index contributed by atoms with van der Waals surface area (Å²) >= 11 is 6.03. The molecule has 0 saturated carbocycles. The zero-order chi connectivity index (χ0) is 16.6. The smallest absolute Gasteiger partial charge is 0.276 e. The second-order valence-corrected chi connectivity index (χ2v) is 5.73. The highest BCUT2D eigenvalue weighted by Gasteiger charge is 2.20. The van der Waals surface area contributed by atoms with Crippen LogP contribution in [0.4, 0.5) is 11.4 Å². The number of rotatable bonds is 3. The third-order valence-corrected chi connectivity index (χ3v) is 3.56. The monoisotopic (exact) mass is 370 g/mol. The van der Waals surface area contributed by atoms with Gasteiger partial charge in [0.1, 0.15) is 5.82 Å². The summed E-state index contributed by atoms with van der Waals surface area (Å²) < 4.78 is 10.5. The molecular formula is C15H16Cl2N4O3. The first-order chi connectivity index (χ1) is 11.0. The number of nitrogens with zero attached hydrogens (tertiary/aromatic N) is 2. The van der Waals surface area contributed by atoms with Gasteiger partial charge in [0.15, 0.2) is 17.2 Å². The molecule has 0 bridgehead atoms. The van der Waals surface area contributed by atoms with Crippen LogP contribution < -0.4 is 20.5 Å². The number of hydrogen-bond acceptors (Lipinski definition) is 6. The Morgan fingerprint density at radius 1 is 1.33 bits per heavy atom. The highest BCUT2D eigenvalue weighted by atomic mass is 35.5. The first-order valence-corrected chi connectivity index (χ1v) is 7.36. The maximum Gasteiger partial charge on any atom is 0.276 e. The zero-order valence-electron chi connectivity index (χ0n) is 13.0. The highest BCUT2D eigenvalue weighted by Crippen LogP contribution is 2.38. The van der Waals surface area contributed by atoms with Crippen molar-refractivity contribution in [2.45, 2.75) is 19.8 Å². The van der Waals surface area contributed by atoms with Gasteiger partial charge in [-0.1, -0.05) is 25.4 Å². The van der Waals surface area contributed by atoms with E-state index < -0.39 is 5.91 Å². The second-order valence-electron chi connectivity index (χ2n) is 5.33. The van der Waals surface area contributed by atoms with Crippen LogP contribution in [0.3, 0.4) is 0 Å². The predicted octanol–water partition coefficient (Wildman–Crippen LogP) is 3.24. The van der Waals surface area contributed by atoms with Crippen molar-refractivity contribution in [2.24, 2.45) is 0 Å². The molecule has 0 aliphatic carbocycles. The molecule has 1 aliphatic heterocycles. The van der Waals surface area contributed by atoms with Crippen LogP contribution in [0.25, 0.3) is 0 Å².